The molecule has 0 unspecified atom stereocenters. The van der Waals surface area contributed by atoms with Gasteiger partial charge in [0.25, 0.3) is 0 Å². The number of benzene rings is 2. The second-order valence-corrected chi connectivity index (χ2v) is 6.24. The van der Waals surface area contributed by atoms with Crippen molar-refractivity contribution in [3.05, 3.63) is 64.8 Å². The van der Waals surface area contributed by atoms with Gasteiger partial charge in [-0.25, -0.2) is 4.79 Å². The molecular formula is C19H13F6NO4. The van der Waals surface area contributed by atoms with Crippen LogP contribution in [0, 0.1) is 0 Å². The molecule has 0 saturated carbocycles. The number of halogens is 6. The number of carboxylic acid groups (broad SMARTS) is 1. The van der Waals surface area contributed by atoms with Gasteiger partial charge >= 0.3 is 18.3 Å². The third-order valence-electron chi connectivity index (χ3n) is 4.19. The van der Waals surface area contributed by atoms with E-state index in [1.54, 1.807) is 6.07 Å². The third-order valence-corrected chi connectivity index (χ3v) is 4.19. The highest BCUT2D eigenvalue weighted by Crippen LogP contribution is 2.36. The first-order valence-corrected chi connectivity index (χ1v) is 8.24. The van der Waals surface area contributed by atoms with Crippen LogP contribution in [-0.2, 0) is 19.0 Å². The van der Waals surface area contributed by atoms with Crippen molar-refractivity contribution in [1.82, 2.24) is 4.73 Å². The minimum absolute atomic E-state index is 0.00208. The second kappa shape index (κ2) is 7.47. The average Bonchev–Trinajstić information content (AvgIpc) is 3.02. The molecule has 11 heteroatoms. The van der Waals surface area contributed by atoms with E-state index in [0.29, 0.717) is 23.3 Å². The maximum absolute atomic E-state index is 13.0. The molecule has 0 aliphatic rings. The molecule has 0 fully saturated rings. The van der Waals surface area contributed by atoms with E-state index < -0.39 is 41.6 Å². The molecule has 0 aliphatic carbocycles. The molecule has 0 saturated heterocycles. The Morgan fingerprint density at radius 2 is 1.57 bits per heavy atom. The smallest absolute Gasteiger partial charge is 0.416 e. The van der Waals surface area contributed by atoms with E-state index in [1.165, 1.54) is 25.3 Å². The number of alkyl halides is 6. The van der Waals surface area contributed by atoms with Crippen LogP contribution in [0.1, 0.15) is 27.2 Å². The van der Waals surface area contributed by atoms with Crippen LogP contribution in [0.2, 0.25) is 0 Å². The maximum Gasteiger partial charge on any atom is 0.416 e. The van der Waals surface area contributed by atoms with Crippen molar-refractivity contribution < 1.29 is 45.8 Å². The van der Waals surface area contributed by atoms with Crippen LogP contribution >= 0.6 is 0 Å². The van der Waals surface area contributed by atoms with Gasteiger partial charge in [0.15, 0.2) is 5.69 Å². The first-order chi connectivity index (χ1) is 13.9. The van der Waals surface area contributed by atoms with Crippen LogP contribution in [-0.4, -0.2) is 22.9 Å². The summed E-state index contributed by atoms with van der Waals surface area (Å²) in [5.41, 5.74) is -3.56. The van der Waals surface area contributed by atoms with Crippen molar-refractivity contribution in [2.24, 2.45) is 0 Å². The Morgan fingerprint density at radius 1 is 0.967 bits per heavy atom. The quantitative estimate of drug-likeness (QED) is 0.575. The monoisotopic (exact) mass is 433 g/mol. The van der Waals surface area contributed by atoms with Gasteiger partial charge in [-0.2, -0.15) is 31.1 Å². The number of carbonyl (C=O) groups is 1. The van der Waals surface area contributed by atoms with E-state index in [-0.39, 0.29) is 17.3 Å². The third kappa shape index (κ3) is 4.29. The van der Waals surface area contributed by atoms with Gasteiger partial charge in [-0.3, -0.25) is 0 Å². The van der Waals surface area contributed by atoms with Gasteiger partial charge < -0.3 is 14.7 Å². The SMILES string of the molecule is COc1ccc2cc(C(=O)O)n(OCc3cc(C(F)(F)F)cc(C(F)(F)F)c3)c2c1. The van der Waals surface area contributed by atoms with Gasteiger partial charge in [0, 0.05) is 11.5 Å². The van der Waals surface area contributed by atoms with Gasteiger partial charge in [-0.15, -0.1) is 0 Å². The number of hydrogen-bond donors (Lipinski definition) is 1. The molecule has 30 heavy (non-hydrogen) atoms. The lowest BCUT2D eigenvalue weighted by Gasteiger charge is -2.15. The number of aromatic nitrogens is 1. The fourth-order valence-electron chi connectivity index (χ4n) is 2.81. The lowest BCUT2D eigenvalue weighted by Crippen LogP contribution is -2.18. The first-order valence-electron chi connectivity index (χ1n) is 8.24. The molecule has 160 valence electrons. The van der Waals surface area contributed by atoms with E-state index in [9.17, 15) is 36.2 Å². The van der Waals surface area contributed by atoms with Crippen molar-refractivity contribution >= 4 is 16.9 Å². The van der Waals surface area contributed by atoms with E-state index in [1.807, 2.05) is 0 Å². The first kappa shape index (κ1) is 21.3. The molecule has 3 aromatic rings. The molecule has 2 aromatic carbocycles. The lowest BCUT2D eigenvalue weighted by atomic mass is 10.1. The molecule has 3 rings (SSSR count). The number of ether oxygens (including phenoxy) is 1. The van der Waals surface area contributed by atoms with Crippen molar-refractivity contribution in [2.45, 2.75) is 19.0 Å². The highest BCUT2D eigenvalue weighted by molar-refractivity contribution is 5.94. The molecule has 5 nitrogen and oxygen atoms in total. The fraction of sp³-hybridized carbons (Fsp3) is 0.211. The predicted molar refractivity (Wildman–Crippen MR) is 92.2 cm³/mol. The largest absolute Gasteiger partial charge is 0.497 e. The summed E-state index contributed by atoms with van der Waals surface area (Å²) in [6.45, 7) is -0.742. The summed E-state index contributed by atoms with van der Waals surface area (Å²) >= 11 is 0. The zero-order valence-corrected chi connectivity index (χ0v) is 15.1. The van der Waals surface area contributed by atoms with Gasteiger partial charge in [0.2, 0.25) is 0 Å². The highest BCUT2D eigenvalue weighted by Gasteiger charge is 2.37. The Morgan fingerprint density at radius 3 is 2.07 bits per heavy atom. The normalized spacial score (nSPS) is 12.2. The standard InChI is InChI=1S/C19H13F6NO4/c1-29-14-3-2-11-6-16(17(27)28)26(15(11)8-14)30-9-10-4-12(18(20,21)22)7-13(5-10)19(23,24)25/h2-8H,9H2,1H3,(H,27,28). The molecule has 0 radical (unpaired) electrons. The van der Waals surface area contributed by atoms with Crippen LogP contribution in [0.25, 0.3) is 10.9 Å². The van der Waals surface area contributed by atoms with E-state index >= 15 is 0 Å². The Labute approximate surface area is 165 Å². The van der Waals surface area contributed by atoms with Gasteiger partial charge in [0.05, 0.1) is 23.8 Å². The topological polar surface area (TPSA) is 60.7 Å². The number of nitrogens with zero attached hydrogens (tertiary/aromatic N) is 1. The number of rotatable bonds is 5. The van der Waals surface area contributed by atoms with Crippen LogP contribution in [0.4, 0.5) is 26.3 Å². The zero-order chi connectivity index (χ0) is 22.3. The average molecular weight is 433 g/mol. The summed E-state index contributed by atoms with van der Waals surface area (Å²) in [4.78, 5) is 16.8. The summed E-state index contributed by atoms with van der Waals surface area (Å²) < 4.78 is 83.9. The molecule has 0 amide bonds. The summed E-state index contributed by atoms with van der Waals surface area (Å²) in [7, 11) is 1.37. The van der Waals surface area contributed by atoms with Crippen LogP contribution < -0.4 is 9.57 Å². The number of methoxy groups -OCH3 is 1. The van der Waals surface area contributed by atoms with Crippen LogP contribution in [0.5, 0.6) is 5.75 Å². The summed E-state index contributed by atoms with van der Waals surface area (Å²) in [6, 6.07) is 6.80. The Bertz CT molecular complexity index is 1070. The highest BCUT2D eigenvalue weighted by atomic mass is 19.4. The Kier molecular flexibility index (Phi) is 5.31. The maximum atomic E-state index is 13.0. The van der Waals surface area contributed by atoms with Crippen LogP contribution in [0.3, 0.4) is 0 Å². The van der Waals surface area contributed by atoms with E-state index in [0.717, 1.165) is 4.73 Å². The minimum Gasteiger partial charge on any atom is -0.497 e. The van der Waals surface area contributed by atoms with Gasteiger partial charge in [-0.05, 0) is 42.0 Å². The molecule has 1 aromatic heterocycles. The van der Waals surface area contributed by atoms with Crippen molar-refractivity contribution in [2.75, 3.05) is 7.11 Å². The fourth-order valence-corrected chi connectivity index (χ4v) is 2.81. The van der Waals surface area contributed by atoms with E-state index in [4.69, 9.17) is 9.57 Å². The second-order valence-electron chi connectivity index (χ2n) is 6.24. The summed E-state index contributed by atoms with van der Waals surface area (Å²) in [6.07, 6.45) is -10.0. The number of fused-ring (bicyclic) bond motifs is 1. The van der Waals surface area contributed by atoms with Gasteiger partial charge in [-0.1, -0.05) is 0 Å². The molecular weight excluding hydrogens is 420 g/mol. The van der Waals surface area contributed by atoms with Crippen molar-refractivity contribution in [3.63, 3.8) is 0 Å². The predicted octanol–water partition coefficient (Wildman–Crippen LogP) is 5.01. The van der Waals surface area contributed by atoms with E-state index in [2.05, 4.69) is 0 Å². The minimum atomic E-state index is -5.00. The number of aromatic carboxylic acids is 1. The Balaban J connectivity index is 2.03. The van der Waals surface area contributed by atoms with Gasteiger partial charge in [0.1, 0.15) is 12.4 Å². The summed E-state index contributed by atoms with van der Waals surface area (Å²) in [5, 5.41) is 9.79. The van der Waals surface area contributed by atoms with Crippen molar-refractivity contribution in [1.29, 1.82) is 0 Å². The molecule has 0 atom stereocenters. The molecule has 0 bridgehead atoms. The zero-order valence-electron chi connectivity index (χ0n) is 15.1. The summed E-state index contributed by atoms with van der Waals surface area (Å²) in [5.74, 6) is -1.05. The molecule has 0 spiro atoms. The molecule has 0 aliphatic heterocycles. The van der Waals surface area contributed by atoms with Crippen LogP contribution in [0.15, 0.2) is 42.5 Å². The molecule has 1 heterocycles. The Hall–Kier alpha value is -3.37. The number of hydrogen-bond acceptors (Lipinski definition) is 3. The number of carboxylic acids is 1. The molecule has 1 N–H and O–H groups in total. The lowest BCUT2D eigenvalue weighted by molar-refractivity contribution is -0.143. The van der Waals surface area contributed by atoms with Crippen molar-refractivity contribution in [3.8, 4) is 5.75 Å².